The van der Waals surface area contributed by atoms with Crippen LogP contribution in [0.1, 0.15) is 25.8 Å². The zero-order valence-electron chi connectivity index (χ0n) is 18.2. The van der Waals surface area contributed by atoms with Gasteiger partial charge in [-0.2, -0.15) is 5.10 Å². The molecule has 2 aromatic rings. The van der Waals surface area contributed by atoms with Crippen molar-refractivity contribution < 1.29 is 23.9 Å². The second-order valence-electron chi connectivity index (χ2n) is 6.90. The van der Waals surface area contributed by atoms with Crippen LogP contribution in [0.3, 0.4) is 0 Å². The Balaban J connectivity index is 1.93. The molecule has 10 nitrogen and oxygen atoms in total. The lowest BCUT2D eigenvalue weighted by atomic mass is 10.2. The van der Waals surface area contributed by atoms with Gasteiger partial charge in [0.1, 0.15) is 5.75 Å². The van der Waals surface area contributed by atoms with Crippen LogP contribution >= 0.6 is 0 Å². The van der Waals surface area contributed by atoms with E-state index in [1.807, 2.05) is 13.0 Å². The van der Waals surface area contributed by atoms with Crippen molar-refractivity contribution in [3.8, 4) is 5.75 Å². The molecule has 4 N–H and O–H groups in total. The van der Waals surface area contributed by atoms with Crippen LogP contribution in [0.5, 0.6) is 5.75 Å². The third-order valence-electron chi connectivity index (χ3n) is 4.09. The Morgan fingerprint density at radius 1 is 0.875 bits per heavy atom. The van der Waals surface area contributed by atoms with Crippen molar-refractivity contribution in [3.05, 3.63) is 48.0 Å². The molecule has 0 atom stereocenters. The van der Waals surface area contributed by atoms with Crippen LogP contribution in [-0.4, -0.2) is 36.5 Å². The van der Waals surface area contributed by atoms with Gasteiger partial charge >= 0.3 is 11.8 Å². The Bertz CT molecular complexity index is 1060. The lowest BCUT2D eigenvalue weighted by Crippen LogP contribution is -2.33. The lowest BCUT2D eigenvalue weighted by molar-refractivity contribution is -0.136. The predicted molar refractivity (Wildman–Crippen MR) is 122 cm³/mol. The Hall–Kier alpha value is -4.21. The quantitative estimate of drug-likeness (QED) is 0.298. The number of anilines is 3. The molecular weight excluding hydrogens is 414 g/mol. The maximum absolute atomic E-state index is 12.3. The van der Waals surface area contributed by atoms with E-state index in [0.717, 1.165) is 5.56 Å². The van der Waals surface area contributed by atoms with Gasteiger partial charge in [0.15, 0.2) is 0 Å². The number of nitrogens with zero attached hydrogens (tertiary/aromatic N) is 1. The Morgan fingerprint density at radius 2 is 1.53 bits per heavy atom. The number of hydrogen-bond acceptors (Lipinski definition) is 6. The van der Waals surface area contributed by atoms with Gasteiger partial charge < -0.3 is 20.7 Å². The number of para-hydroxylation sites is 2. The van der Waals surface area contributed by atoms with E-state index in [1.54, 1.807) is 36.4 Å². The summed E-state index contributed by atoms with van der Waals surface area (Å²) in [6.45, 7) is 4.73. The van der Waals surface area contributed by atoms with Crippen molar-refractivity contribution in [1.82, 2.24) is 5.43 Å². The van der Waals surface area contributed by atoms with Crippen LogP contribution in [0.4, 0.5) is 17.1 Å². The molecule has 0 heterocycles. The first-order chi connectivity index (χ1) is 15.2. The van der Waals surface area contributed by atoms with E-state index in [0.29, 0.717) is 22.8 Å². The third kappa shape index (κ3) is 7.24. The maximum atomic E-state index is 12.3. The summed E-state index contributed by atoms with van der Waals surface area (Å²) in [7, 11) is 1.45. The van der Waals surface area contributed by atoms with Gasteiger partial charge in [-0.15, -0.1) is 0 Å². The summed E-state index contributed by atoms with van der Waals surface area (Å²) >= 11 is 0. The number of hydrazone groups is 1. The molecule has 0 radical (unpaired) electrons. The van der Waals surface area contributed by atoms with Gasteiger partial charge in [-0.3, -0.25) is 19.2 Å². The SMILES string of the molecule is COc1ccc(C)cc1NC(=O)C(=O)N/N=C(\C)CC(=O)Nc1ccccc1NC(C)=O. The van der Waals surface area contributed by atoms with Gasteiger partial charge in [0.2, 0.25) is 11.8 Å². The smallest absolute Gasteiger partial charge is 0.329 e. The number of hydrogen-bond donors (Lipinski definition) is 4. The van der Waals surface area contributed by atoms with E-state index in [1.165, 1.54) is 21.0 Å². The van der Waals surface area contributed by atoms with Gasteiger partial charge in [-0.05, 0) is 43.7 Å². The number of aryl methyl sites for hydroxylation is 1. The van der Waals surface area contributed by atoms with E-state index >= 15 is 0 Å². The molecule has 0 saturated carbocycles. The minimum Gasteiger partial charge on any atom is -0.495 e. The molecule has 0 unspecified atom stereocenters. The number of ether oxygens (including phenoxy) is 1. The molecule has 0 fully saturated rings. The summed E-state index contributed by atoms with van der Waals surface area (Å²) < 4.78 is 5.16. The molecule has 2 rings (SSSR count). The summed E-state index contributed by atoms with van der Waals surface area (Å²) in [6.07, 6.45) is -0.137. The van der Waals surface area contributed by atoms with Crippen molar-refractivity contribution in [2.45, 2.75) is 27.2 Å². The molecule has 0 aromatic heterocycles. The standard InChI is InChI=1S/C22H25N5O5/c1-13-9-10-19(32-4)18(11-13)25-21(30)22(31)27-26-14(2)12-20(29)24-17-8-6-5-7-16(17)23-15(3)28/h5-11H,12H2,1-4H3,(H,23,28)(H,24,29)(H,25,30)(H,27,31)/b26-14+. The second kappa shape index (κ2) is 11.3. The number of carbonyl (C=O) groups excluding carboxylic acids is 4. The fraction of sp³-hybridized carbons (Fsp3) is 0.227. The van der Waals surface area contributed by atoms with Gasteiger partial charge in [-0.25, -0.2) is 5.43 Å². The monoisotopic (exact) mass is 439 g/mol. The van der Waals surface area contributed by atoms with E-state index in [4.69, 9.17) is 4.74 Å². The van der Waals surface area contributed by atoms with Crippen molar-refractivity contribution in [2.75, 3.05) is 23.1 Å². The first-order valence-electron chi connectivity index (χ1n) is 9.65. The average molecular weight is 439 g/mol. The summed E-state index contributed by atoms with van der Waals surface area (Å²) in [4.78, 5) is 47.7. The van der Waals surface area contributed by atoms with Gasteiger partial charge in [0, 0.05) is 12.6 Å². The highest BCUT2D eigenvalue weighted by Crippen LogP contribution is 2.25. The molecule has 10 heteroatoms. The molecular formula is C22H25N5O5. The maximum Gasteiger partial charge on any atom is 0.329 e. The van der Waals surface area contributed by atoms with Crippen molar-refractivity contribution in [2.24, 2.45) is 5.10 Å². The van der Waals surface area contributed by atoms with E-state index < -0.39 is 17.7 Å². The molecule has 0 aliphatic rings. The Labute approximate surface area is 185 Å². The minimum atomic E-state index is -0.996. The number of nitrogens with one attached hydrogen (secondary N) is 4. The molecule has 4 amide bonds. The molecule has 2 aromatic carbocycles. The van der Waals surface area contributed by atoms with E-state index in [-0.39, 0.29) is 18.0 Å². The molecule has 0 aliphatic carbocycles. The number of methoxy groups -OCH3 is 1. The first-order valence-corrected chi connectivity index (χ1v) is 9.65. The van der Waals surface area contributed by atoms with Gasteiger partial charge in [0.25, 0.3) is 0 Å². The summed E-state index contributed by atoms with van der Waals surface area (Å²) in [5.41, 5.74) is 4.51. The molecule has 0 bridgehead atoms. The molecule has 0 aliphatic heterocycles. The topological polar surface area (TPSA) is 138 Å². The fourth-order valence-corrected chi connectivity index (χ4v) is 2.65. The molecule has 0 spiro atoms. The second-order valence-corrected chi connectivity index (χ2v) is 6.90. The Morgan fingerprint density at radius 3 is 2.16 bits per heavy atom. The highest BCUT2D eigenvalue weighted by Gasteiger charge is 2.16. The molecule has 0 saturated heterocycles. The number of benzene rings is 2. The number of amides is 4. The van der Waals surface area contributed by atoms with E-state index in [2.05, 4.69) is 26.5 Å². The highest BCUT2D eigenvalue weighted by atomic mass is 16.5. The molecule has 32 heavy (non-hydrogen) atoms. The van der Waals surface area contributed by atoms with Crippen molar-refractivity contribution in [3.63, 3.8) is 0 Å². The van der Waals surface area contributed by atoms with E-state index in [9.17, 15) is 19.2 Å². The average Bonchev–Trinajstić information content (AvgIpc) is 2.73. The Kier molecular flexibility index (Phi) is 8.46. The van der Waals surface area contributed by atoms with Crippen LogP contribution in [0.2, 0.25) is 0 Å². The zero-order valence-corrected chi connectivity index (χ0v) is 18.2. The van der Waals surface area contributed by atoms with Crippen molar-refractivity contribution >= 4 is 46.4 Å². The van der Waals surface area contributed by atoms with Crippen LogP contribution in [0.15, 0.2) is 47.6 Å². The molecule has 168 valence electrons. The van der Waals surface area contributed by atoms with Crippen LogP contribution < -0.4 is 26.1 Å². The normalized spacial score (nSPS) is 10.7. The third-order valence-corrected chi connectivity index (χ3v) is 4.09. The van der Waals surface area contributed by atoms with Crippen LogP contribution in [0.25, 0.3) is 0 Å². The van der Waals surface area contributed by atoms with Crippen LogP contribution in [0, 0.1) is 6.92 Å². The first kappa shape index (κ1) is 24.1. The van der Waals surface area contributed by atoms with Crippen LogP contribution in [-0.2, 0) is 19.2 Å². The summed E-state index contributed by atoms with van der Waals surface area (Å²) in [5.74, 6) is -2.20. The summed E-state index contributed by atoms with van der Waals surface area (Å²) in [6, 6.07) is 11.9. The predicted octanol–water partition coefficient (Wildman–Crippen LogP) is 2.42. The van der Waals surface area contributed by atoms with Gasteiger partial charge in [0.05, 0.1) is 30.6 Å². The fourth-order valence-electron chi connectivity index (χ4n) is 2.65. The van der Waals surface area contributed by atoms with Crippen molar-refractivity contribution in [1.29, 1.82) is 0 Å². The number of carbonyl (C=O) groups is 4. The summed E-state index contributed by atoms with van der Waals surface area (Å²) in [5, 5.41) is 11.5. The lowest BCUT2D eigenvalue weighted by Gasteiger charge is -2.11. The zero-order chi connectivity index (χ0) is 23.7. The highest BCUT2D eigenvalue weighted by molar-refractivity contribution is 6.39. The minimum absolute atomic E-state index is 0.137. The van der Waals surface area contributed by atoms with Gasteiger partial charge in [-0.1, -0.05) is 18.2 Å². The number of rotatable bonds is 7. The largest absolute Gasteiger partial charge is 0.495 e.